The van der Waals surface area contributed by atoms with E-state index in [4.69, 9.17) is 4.74 Å². The quantitative estimate of drug-likeness (QED) is 0.803. The van der Waals surface area contributed by atoms with Gasteiger partial charge in [0.2, 0.25) is 0 Å². The number of anilines is 1. The molecule has 1 aromatic rings. The molecule has 0 radical (unpaired) electrons. The fourth-order valence-electron chi connectivity index (χ4n) is 2.41. The highest BCUT2D eigenvalue weighted by atomic mass is 79.9. The Morgan fingerprint density at radius 3 is 2.89 bits per heavy atom. The Labute approximate surface area is 116 Å². The van der Waals surface area contributed by atoms with Gasteiger partial charge in [0.15, 0.2) is 0 Å². The van der Waals surface area contributed by atoms with Crippen molar-refractivity contribution in [2.24, 2.45) is 5.92 Å². The summed E-state index contributed by atoms with van der Waals surface area (Å²) in [6.07, 6.45) is 2.27. The van der Waals surface area contributed by atoms with Gasteiger partial charge in [0, 0.05) is 30.2 Å². The number of aldehydes is 1. The van der Waals surface area contributed by atoms with Gasteiger partial charge in [0.25, 0.3) is 0 Å². The van der Waals surface area contributed by atoms with Crippen LogP contribution in [0, 0.1) is 5.92 Å². The molecule has 2 unspecified atom stereocenters. The van der Waals surface area contributed by atoms with E-state index in [2.05, 4.69) is 27.8 Å². The van der Waals surface area contributed by atoms with Crippen molar-refractivity contribution in [2.45, 2.75) is 19.4 Å². The van der Waals surface area contributed by atoms with E-state index in [1.807, 2.05) is 18.2 Å². The average molecular weight is 312 g/mol. The normalized spacial score (nSPS) is 24.1. The fourth-order valence-corrected chi connectivity index (χ4v) is 3.06. The van der Waals surface area contributed by atoms with Crippen LogP contribution in [-0.2, 0) is 4.74 Å². The van der Waals surface area contributed by atoms with Gasteiger partial charge in [-0.3, -0.25) is 4.79 Å². The predicted octanol–water partition coefficient (Wildman–Crippen LogP) is 3.12. The van der Waals surface area contributed by atoms with Crippen molar-refractivity contribution < 1.29 is 9.53 Å². The van der Waals surface area contributed by atoms with Gasteiger partial charge in [-0.05, 0) is 46.5 Å². The summed E-state index contributed by atoms with van der Waals surface area (Å²) in [5.74, 6) is 0.597. The molecule has 1 aliphatic rings. The maximum atomic E-state index is 10.7. The third-order valence-electron chi connectivity index (χ3n) is 3.64. The summed E-state index contributed by atoms with van der Waals surface area (Å²) in [4.78, 5) is 13.0. The molecule has 18 heavy (non-hydrogen) atoms. The van der Waals surface area contributed by atoms with Crippen molar-refractivity contribution in [3.05, 3.63) is 28.2 Å². The molecule has 0 spiro atoms. The predicted molar refractivity (Wildman–Crippen MR) is 76.3 cm³/mol. The smallest absolute Gasteiger partial charge is 0.150 e. The molecular weight excluding hydrogens is 294 g/mol. The van der Waals surface area contributed by atoms with Crippen LogP contribution >= 0.6 is 15.9 Å². The molecule has 0 aromatic heterocycles. The molecular formula is C14H18BrNO2. The molecule has 0 saturated carbocycles. The van der Waals surface area contributed by atoms with Crippen LogP contribution in [0.15, 0.2) is 22.7 Å². The summed E-state index contributed by atoms with van der Waals surface area (Å²) in [5.41, 5.74) is 1.83. The minimum absolute atomic E-state index is 0.274. The Kier molecular flexibility index (Phi) is 4.40. The van der Waals surface area contributed by atoms with Crippen molar-refractivity contribution in [1.29, 1.82) is 0 Å². The summed E-state index contributed by atoms with van der Waals surface area (Å²) < 4.78 is 6.50. The third-order valence-corrected chi connectivity index (χ3v) is 4.28. The lowest BCUT2D eigenvalue weighted by molar-refractivity contribution is 0.0498. The Morgan fingerprint density at radius 1 is 1.50 bits per heavy atom. The minimum Gasteiger partial charge on any atom is -0.379 e. The van der Waals surface area contributed by atoms with Crippen LogP contribution in [0.1, 0.15) is 23.7 Å². The van der Waals surface area contributed by atoms with E-state index in [1.165, 1.54) is 0 Å². The van der Waals surface area contributed by atoms with Crippen molar-refractivity contribution in [3.63, 3.8) is 0 Å². The Morgan fingerprint density at radius 2 is 2.28 bits per heavy atom. The first-order valence-electron chi connectivity index (χ1n) is 6.18. The molecule has 1 fully saturated rings. The molecule has 98 valence electrons. The van der Waals surface area contributed by atoms with Crippen molar-refractivity contribution in [2.75, 3.05) is 25.1 Å². The number of nitrogens with zero attached hydrogens (tertiary/aromatic N) is 1. The third kappa shape index (κ3) is 2.75. The van der Waals surface area contributed by atoms with Crippen LogP contribution in [0.2, 0.25) is 0 Å². The average Bonchev–Trinajstić information content (AvgIpc) is 2.39. The van der Waals surface area contributed by atoms with Gasteiger partial charge >= 0.3 is 0 Å². The van der Waals surface area contributed by atoms with E-state index in [0.29, 0.717) is 11.5 Å². The van der Waals surface area contributed by atoms with E-state index in [1.54, 1.807) is 7.11 Å². The molecule has 4 heteroatoms. The van der Waals surface area contributed by atoms with Crippen molar-refractivity contribution in [3.8, 4) is 0 Å². The lowest BCUT2D eigenvalue weighted by atomic mass is 9.95. The van der Waals surface area contributed by atoms with Gasteiger partial charge in [-0.1, -0.05) is 6.92 Å². The number of carbonyl (C=O) groups excluding carboxylic acids is 1. The summed E-state index contributed by atoms with van der Waals surface area (Å²) in [5, 5.41) is 0. The fraction of sp³-hybridized carbons (Fsp3) is 0.500. The molecule has 0 amide bonds. The molecule has 3 nitrogen and oxygen atoms in total. The van der Waals surface area contributed by atoms with E-state index >= 15 is 0 Å². The number of hydrogen-bond acceptors (Lipinski definition) is 3. The first-order valence-corrected chi connectivity index (χ1v) is 6.97. The van der Waals surface area contributed by atoms with Gasteiger partial charge in [-0.15, -0.1) is 0 Å². The summed E-state index contributed by atoms with van der Waals surface area (Å²) in [6, 6.07) is 5.71. The summed E-state index contributed by atoms with van der Waals surface area (Å²) in [7, 11) is 1.77. The Balaban J connectivity index is 2.19. The molecule has 2 rings (SSSR count). The molecule has 1 aromatic carbocycles. The zero-order valence-corrected chi connectivity index (χ0v) is 12.3. The highest BCUT2D eigenvalue weighted by molar-refractivity contribution is 9.10. The number of halogens is 1. The van der Waals surface area contributed by atoms with E-state index in [-0.39, 0.29) is 6.10 Å². The maximum absolute atomic E-state index is 10.7. The molecule has 0 bridgehead atoms. The number of methoxy groups -OCH3 is 1. The molecule has 1 heterocycles. The molecule has 1 saturated heterocycles. The zero-order chi connectivity index (χ0) is 13.1. The zero-order valence-electron chi connectivity index (χ0n) is 10.7. The van der Waals surface area contributed by atoms with Gasteiger partial charge < -0.3 is 9.64 Å². The second-order valence-electron chi connectivity index (χ2n) is 4.81. The second-order valence-corrected chi connectivity index (χ2v) is 5.67. The second kappa shape index (κ2) is 5.85. The van der Waals surface area contributed by atoms with Crippen molar-refractivity contribution >= 4 is 27.9 Å². The molecule has 0 N–H and O–H groups in total. The van der Waals surface area contributed by atoms with Crippen LogP contribution in [0.25, 0.3) is 0 Å². The lowest BCUT2D eigenvalue weighted by Crippen LogP contribution is -2.44. The minimum atomic E-state index is 0.274. The van der Waals surface area contributed by atoms with Crippen LogP contribution in [0.4, 0.5) is 5.69 Å². The number of carbonyl (C=O) groups is 1. The largest absolute Gasteiger partial charge is 0.379 e. The van der Waals surface area contributed by atoms with Crippen molar-refractivity contribution in [1.82, 2.24) is 0 Å². The number of benzene rings is 1. The van der Waals surface area contributed by atoms with E-state index in [0.717, 1.165) is 36.0 Å². The van der Waals surface area contributed by atoms with Gasteiger partial charge in [0.1, 0.15) is 6.29 Å². The maximum Gasteiger partial charge on any atom is 0.150 e. The van der Waals surface area contributed by atoms with Gasteiger partial charge in [0.05, 0.1) is 11.8 Å². The molecule has 2 atom stereocenters. The Bertz CT molecular complexity index is 436. The standard InChI is InChI=1S/C14H18BrNO2/c1-10-5-6-16(8-14(10)18-2)13-4-3-11(9-17)7-12(13)15/h3-4,7,9-10,14H,5-6,8H2,1-2H3. The SMILES string of the molecule is COC1CN(c2ccc(C=O)cc2Br)CCC1C. The number of hydrogen-bond donors (Lipinski definition) is 0. The first kappa shape index (κ1) is 13.6. The van der Waals surface area contributed by atoms with Crippen LogP contribution in [0.3, 0.4) is 0 Å². The molecule has 1 aliphatic heterocycles. The van der Waals surface area contributed by atoms with E-state index < -0.39 is 0 Å². The van der Waals surface area contributed by atoms with Gasteiger partial charge in [-0.2, -0.15) is 0 Å². The molecule has 0 aliphatic carbocycles. The Hall–Kier alpha value is -0.870. The summed E-state index contributed by atoms with van der Waals surface area (Å²) in [6.45, 7) is 4.16. The highest BCUT2D eigenvalue weighted by Gasteiger charge is 2.26. The van der Waals surface area contributed by atoms with Crippen LogP contribution < -0.4 is 4.90 Å². The van der Waals surface area contributed by atoms with Crippen LogP contribution in [-0.4, -0.2) is 32.6 Å². The monoisotopic (exact) mass is 311 g/mol. The number of ether oxygens (including phenoxy) is 1. The topological polar surface area (TPSA) is 29.5 Å². The highest BCUT2D eigenvalue weighted by Crippen LogP contribution is 2.31. The van der Waals surface area contributed by atoms with Gasteiger partial charge in [-0.25, -0.2) is 0 Å². The lowest BCUT2D eigenvalue weighted by Gasteiger charge is -2.38. The van der Waals surface area contributed by atoms with Crippen LogP contribution in [0.5, 0.6) is 0 Å². The first-order chi connectivity index (χ1) is 8.65. The number of rotatable bonds is 3. The number of piperidine rings is 1. The van der Waals surface area contributed by atoms with E-state index in [9.17, 15) is 4.79 Å². The summed E-state index contributed by atoms with van der Waals surface area (Å²) >= 11 is 3.54.